The highest BCUT2D eigenvalue weighted by molar-refractivity contribution is 7.16. The number of carbonyl (C=O) groups excluding carboxylic acids is 2. The van der Waals surface area contributed by atoms with Crippen LogP contribution in [0.2, 0.25) is 0 Å². The molecule has 4 rings (SSSR count). The number of esters is 1. The van der Waals surface area contributed by atoms with E-state index in [1.54, 1.807) is 60.8 Å². The number of ether oxygens (including phenoxy) is 2. The summed E-state index contributed by atoms with van der Waals surface area (Å²) in [5.41, 5.74) is 0.413. The van der Waals surface area contributed by atoms with Crippen molar-refractivity contribution in [3.05, 3.63) is 81.6 Å². The molecule has 0 atom stereocenters. The fourth-order valence-corrected chi connectivity index (χ4v) is 4.09. The molecule has 1 amide bonds. The van der Waals surface area contributed by atoms with Gasteiger partial charge in [-0.25, -0.2) is 4.79 Å². The molecule has 2 aromatic carbocycles. The summed E-state index contributed by atoms with van der Waals surface area (Å²) in [6.45, 7) is 1.85. The minimum atomic E-state index is -0.654. The van der Waals surface area contributed by atoms with Crippen LogP contribution in [0.3, 0.4) is 0 Å². The monoisotopic (exact) mass is 449 g/mol. The van der Waals surface area contributed by atoms with E-state index in [1.807, 2.05) is 6.07 Å². The first-order valence-electron chi connectivity index (χ1n) is 9.76. The van der Waals surface area contributed by atoms with Crippen LogP contribution in [-0.4, -0.2) is 35.4 Å². The molecule has 162 valence electrons. The minimum Gasteiger partial charge on any atom is -0.497 e. The molecule has 8 nitrogen and oxygen atoms in total. The summed E-state index contributed by atoms with van der Waals surface area (Å²) in [5.74, 6) is -0.405. The quantitative estimate of drug-likeness (QED) is 0.449. The first-order chi connectivity index (χ1) is 15.5. The van der Waals surface area contributed by atoms with Crippen LogP contribution in [0, 0.1) is 0 Å². The third-order valence-corrected chi connectivity index (χ3v) is 5.60. The van der Waals surface area contributed by atoms with Gasteiger partial charge in [0.1, 0.15) is 10.8 Å². The Balaban J connectivity index is 1.88. The number of methoxy groups -OCH3 is 1. The summed E-state index contributed by atoms with van der Waals surface area (Å²) in [6, 6.07) is 15.3. The van der Waals surface area contributed by atoms with Crippen molar-refractivity contribution in [3.8, 4) is 11.4 Å². The van der Waals surface area contributed by atoms with Gasteiger partial charge in [0.2, 0.25) is 0 Å². The molecule has 0 fully saturated rings. The summed E-state index contributed by atoms with van der Waals surface area (Å²) < 4.78 is 11.4. The second-order valence-electron chi connectivity index (χ2n) is 6.66. The van der Waals surface area contributed by atoms with E-state index < -0.39 is 11.5 Å². The van der Waals surface area contributed by atoms with Gasteiger partial charge in [-0.05, 0) is 43.3 Å². The Morgan fingerprint density at radius 2 is 1.81 bits per heavy atom. The zero-order valence-corrected chi connectivity index (χ0v) is 18.1. The molecule has 2 heterocycles. The molecule has 1 N–H and O–H groups in total. The Labute approximate surface area is 187 Å². The van der Waals surface area contributed by atoms with Crippen molar-refractivity contribution in [2.24, 2.45) is 0 Å². The fourth-order valence-electron chi connectivity index (χ4n) is 3.16. The molecule has 0 spiro atoms. The number of rotatable bonds is 6. The van der Waals surface area contributed by atoms with Crippen LogP contribution in [0.4, 0.5) is 5.00 Å². The maximum atomic E-state index is 13.4. The number of benzene rings is 2. The Hall–Kier alpha value is -3.98. The number of carbonyl (C=O) groups is 2. The van der Waals surface area contributed by atoms with E-state index >= 15 is 0 Å². The number of amides is 1. The lowest BCUT2D eigenvalue weighted by Gasteiger charge is -2.10. The third-order valence-electron chi connectivity index (χ3n) is 4.70. The zero-order valence-electron chi connectivity index (χ0n) is 17.3. The number of hydrogen-bond donors (Lipinski definition) is 1. The molecule has 0 aliphatic heterocycles. The maximum absolute atomic E-state index is 13.4. The van der Waals surface area contributed by atoms with Crippen LogP contribution in [0.15, 0.2) is 64.8 Å². The molecule has 0 bridgehead atoms. The highest BCUT2D eigenvalue weighted by atomic mass is 32.1. The first-order valence-corrected chi connectivity index (χ1v) is 10.6. The summed E-state index contributed by atoms with van der Waals surface area (Å²) in [4.78, 5) is 38.7. The number of nitrogens with zero attached hydrogens (tertiary/aromatic N) is 2. The topological polar surface area (TPSA) is 99.5 Å². The number of fused-ring (bicyclic) bond motifs is 1. The fraction of sp³-hybridized carbons (Fsp3) is 0.130. The van der Waals surface area contributed by atoms with Crippen LogP contribution in [0.25, 0.3) is 16.5 Å². The summed E-state index contributed by atoms with van der Waals surface area (Å²) in [7, 11) is 1.54. The largest absolute Gasteiger partial charge is 0.497 e. The van der Waals surface area contributed by atoms with E-state index in [0.29, 0.717) is 27.4 Å². The van der Waals surface area contributed by atoms with E-state index in [0.717, 1.165) is 16.0 Å². The van der Waals surface area contributed by atoms with Crippen LogP contribution in [-0.2, 0) is 4.74 Å². The standard InChI is InChI=1S/C23H19N3O5S/c1-3-31-23(29)19-17-13-32-21(24-20(27)14-7-5-4-6-8-14)18(17)22(28)26(25-19)15-9-11-16(30-2)12-10-15/h4-13H,3H2,1-2H3,(H,24,27). The second-order valence-corrected chi connectivity index (χ2v) is 7.54. The van der Waals surface area contributed by atoms with E-state index in [2.05, 4.69) is 10.4 Å². The average molecular weight is 449 g/mol. The van der Waals surface area contributed by atoms with Crippen molar-refractivity contribution in [3.63, 3.8) is 0 Å². The minimum absolute atomic E-state index is 0.00581. The highest BCUT2D eigenvalue weighted by Crippen LogP contribution is 2.31. The van der Waals surface area contributed by atoms with Gasteiger partial charge in [-0.3, -0.25) is 9.59 Å². The van der Waals surface area contributed by atoms with E-state index in [9.17, 15) is 14.4 Å². The van der Waals surface area contributed by atoms with Crippen molar-refractivity contribution in [2.45, 2.75) is 6.92 Å². The van der Waals surface area contributed by atoms with E-state index in [1.165, 1.54) is 7.11 Å². The molecule has 32 heavy (non-hydrogen) atoms. The molecule has 0 aliphatic carbocycles. The molecule has 9 heteroatoms. The Bertz CT molecular complexity index is 1340. The van der Waals surface area contributed by atoms with E-state index in [-0.39, 0.29) is 23.6 Å². The molecule has 0 saturated carbocycles. The van der Waals surface area contributed by atoms with Crippen molar-refractivity contribution < 1.29 is 19.1 Å². The van der Waals surface area contributed by atoms with Crippen LogP contribution in [0.1, 0.15) is 27.8 Å². The molecule has 0 unspecified atom stereocenters. The van der Waals surface area contributed by atoms with Crippen LogP contribution >= 0.6 is 11.3 Å². The van der Waals surface area contributed by atoms with Gasteiger partial charge in [-0.2, -0.15) is 9.78 Å². The summed E-state index contributed by atoms with van der Waals surface area (Å²) in [6.07, 6.45) is 0. The number of nitrogens with one attached hydrogen (secondary N) is 1. The SMILES string of the molecule is CCOC(=O)c1nn(-c2ccc(OC)cc2)c(=O)c2c(NC(=O)c3ccccc3)scc12. The first kappa shape index (κ1) is 21.3. The Morgan fingerprint density at radius 3 is 2.47 bits per heavy atom. The van der Waals surface area contributed by atoms with Crippen LogP contribution < -0.4 is 15.6 Å². The van der Waals surface area contributed by atoms with E-state index in [4.69, 9.17) is 9.47 Å². The number of hydrogen-bond acceptors (Lipinski definition) is 7. The molecular weight excluding hydrogens is 430 g/mol. The van der Waals surface area contributed by atoms with Crippen molar-refractivity contribution >= 4 is 39.0 Å². The van der Waals surface area contributed by atoms with Crippen molar-refractivity contribution in [2.75, 3.05) is 19.0 Å². The molecule has 2 aromatic heterocycles. The normalized spacial score (nSPS) is 10.7. The summed E-state index contributed by atoms with van der Waals surface area (Å²) >= 11 is 1.15. The van der Waals surface area contributed by atoms with Gasteiger partial charge in [-0.15, -0.1) is 11.3 Å². The lowest BCUT2D eigenvalue weighted by molar-refractivity contribution is 0.0520. The highest BCUT2D eigenvalue weighted by Gasteiger charge is 2.23. The molecular formula is C23H19N3O5S. The second kappa shape index (κ2) is 9.03. The predicted octanol–water partition coefficient (Wildman–Crippen LogP) is 3.88. The van der Waals surface area contributed by atoms with Gasteiger partial charge >= 0.3 is 5.97 Å². The smallest absolute Gasteiger partial charge is 0.359 e. The lowest BCUT2D eigenvalue weighted by Crippen LogP contribution is -2.25. The van der Waals surface area contributed by atoms with Gasteiger partial charge in [-0.1, -0.05) is 18.2 Å². The lowest BCUT2D eigenvalue weighted by atomic mass is 10.2. The van der Waals surface area contributed by atoms with Crippen molar-refractivity contribution in [1.29, 1.82) is 0 Å². The Kier molecular flexibility index (Phi) is 6.00. The van der Waals surface area contributed by atoms with Gasteiger partial charge in [0, 0.05) is 16.3 Å². The number of thiophene rings is 1. The zero-order chi connectivity index (χ0) is 22.7. The Morgan fingerprint density at radius 1 is 1.09 bits per heavy atom. The van der Waals surface area contributed by atoms with Crippen molar-refractivity contribution in [1.82, 2.24) is 9.78 Å². The number of aromatic nitrogens is 2. The van der Waals surface area contributed by atoms with Gasteiger partial charge in [0.05, 0.1) is 24.8 Å². The molecule has 0 aliphatic rings. The predicted molar refractivity (Wildman–Crippen MR) is 122 cm³/mol. The van der Waals surface area contributed by atoms with Gasteiger partial charge in [0.15, 0.2) is 5.69 Å². The third kappa shape index (κ3) is 3.97. The molecule has 0 saturated heterocycles. The average Bonchev–Trinajstić information content (AvgIpc) is 3.24. The molecule has 4 aromatic rings. The molecule has 0 radical (unpaired) electrons. The van der Waals surface area contributed by atoms with Crippen LogP contribution in [0.5, 0.6) is 5.75 Å². The van der Waals surface area contributed by atoms with Gasteiger partial charge in [0.25, 0.3) is 11.5 Å². The van der Waals surface area contributed by atoms with Gasteiger partial charge < -0.3 is 14.8 Å². The summed E-state index contributed by atoms with van der Waals surface area (Å²) in [5, 5.41) is 9.52. The maximum Gasteiger partial charge on any atom is 0.359 e. The number of anilines is 1.